The molecule has 0 saturated heterocycles. The second-order valence-electron chi connectivity index (χ2n) is 5.67. The van der Waals surface area contributed by atoms with E-state index in [0.29, 0.717) is 29.1 Å². The third-order valence-corrected chi connectivity index (χ3v) is 3.84. The van der Waals surface area contributed by atoms with Gasteiger partial charge in [0, 0.05) is 17.1 Å². The zero-order chi connectivity index (χ0) is 17.6. The first-order chi connectivity index (χ1) is 12.2. The maximum Gasteiger partial charge on any atom is 0.255 e. The Morgan fingerprint density at radius 2 is 1.96 bits per heavy atom. The number of hydrogen-bond acceptors (Lipinski definition) is 3. The molecule has 25 heavy (non-hydrogen) atoms. The topological polar surface area (TPSA) is 51.2 Å². The van der Waals surface area contributed by atoms with Crippen molar-refractivity contribution in [1.29, 1.82) is 0 Å². The van der Waals surface area contributed by atoms with Gasteiger partial charge in [-0.1, -0.05) is 13.3 Å². The Labute approximate surface area is 145 Å². The monoisotopic (exact) mass is 338 g/mol. The molecule has 5 heteroatoms. The first kappa shape index (κ1) is 16.9. The molecule has 4 nitrogen and oxygen atoms in total. The summed E-state index contributed by atoms with van der Waals surface area (Å²) in [7, 11) is 0. The van der Waals surface area contributed by atoms with Gasteiger partial charge in [0.15, 0.2) is 0 Å². The van der Waals surface area contributed by atoms with Crippen LogP contribution in [-0.2, 0) is 0 Å². The number of unbranched alkanes of at least 4 members (excludes halogenated alkanes) is 1. The lowest BCUT2D eigenvalue weighted by molar-refractivity contribution is 0.102. The number of ether oxygens (including phenoxy) is 1. The van der Waals surface area contributed by atoms with E-state index in [1.165, 1.54) is 24.3 Å². The van der Waals surface area contributed by atoms with Crippen molar-refractivity contribution in [3.8, 4) is 5.75 Å². The van der Waals surface area contributed by atoms with Crippen molar-refractivity contribution in [3.05, 3.63) is 66.1 Å². The summed E-state index contributed by atoms with van der Waals surface area (Å²) >= 11 is 0. The number of halogens is 1. The van der Waals surface area contributed by atoms with Crippen molar-refractivity contribution in [2.24, 2.45) is 0 Å². The van der Waals surface area contributed by atoms with Crippen LogP contribution in [0.5, 0.6) is 5.75 Å². The van der Waals surface area contributed by atoms with Gasteiger partial charge in [0.25, 0.3) is 5.91 Å². The van der Waals surface area contributed by atoms with Crippen LogP contribution in [0, 0.1) is 5.82 Å². The fourth-order valence-corrected chi connectivity index (χ4v) is 2.49. The number of hydrogen-bond donors (Lipinski definition) is 1. The number of carbonyl (C=O) groups is 1. The molecule has 1 N–H and O–H groups in total. The molecule has 0 aliphatic carbocycles. The van der Waals surface area contributed by atoms with Gasteiger partial charge in [0.2, 0.25) is 0 Å². The molecule has 0 spiro atoms. The second-order valence-corrected chi connectivity index (χ2v) is 5.67. The molecule has 1 amide bonds. The van der Waals surface area contributed by atoms with E-state index in [9.17, 15) is 9.18 Å². The molecule has 2 aromatic carbocycles. The summed E-state index contributed by atoms with van der Waals surface area (Å²) in [6, 6.07) is 12.7. The summed E-state index contributed by atoms with van der Waals surface area (Å²) in [5.41, 5.74) is 1.73. The lowest BCUT2D eigenvalue weighted by atomic mass is 10.1. The molecule has 0 atom stereocenters. The summed E-state index contributed by atoms with van der Waals surface area (Å²) in [4.78, 5) is 16.8. The maximum absolute atomic E-state index is 13.0. The molecule has 1 heterocycles. The lowest BCUT2D eigenvalue weighted by Crippen LogP contribution is -2.12. The van der Waals surface area contributed by atoms with E-state index in [2.05, 4.69) is 17.2 Å². The SMILES string of the molecule is CCCCOc1ccc(NC(=O)c2ccc(F)cc2)c2cccnc12. The number of pyridine rings is 1. The van der Waals surface area contributed by atoms with Gasteiger partial charge in [0.05, 0.1) is 12.3 Å². The Hall–Kier alpha value is -2.95. The van der Waals surface area contributed by atoms with Gasteiger partial charge in [-0.05, 0) is 55.0 Å². The van der Waals surface area contributed by atoms with Crippen molar-refractivity contribution in [2.75, 3.05) is 11.9 Å². The predicted octanol–water partition coefficient (Wildman–Crippen LogP) is 4.81. The van der Waals surface area contributed by atoms with Crippen LogP contribution in [0.3, 0.4) is 0 Å². The van der Waals surface area contributed by atoms with Crippen LogP contribution in [-0.4, -0.2) is 17.5 Å². The van der Waals surface area contributed by atoms with Crippen LogP contribution in [0.1, 0.15) is 30.1 Å². The third kappa shape index (κ3) is 3.94. The van der Waals surface area contributed by atoms with Crippen LogP contribution in [0.4, 0.5) is 10.1 Å². The number of nitrogens with one attached hydrogen (secondary N) is 1. The minimum absolute atomic E-state index is 0.301. The highest BCUT2D eigenvalue weighted by molar-refractivity contribution is 6.09. The van der Waals surface area contributed by atoms with Gasteiger partial charge < -0.3 is 10.1 Å². The molecule has 0 bridgehead atoms. The van der Waals surface area contributed by atoms with Gasteiger partial charge >= 0.3 is 0 Å². The van der Waals surface area contributed by atoms with E-state index in [1.807, 2.05) is 18.2 Å². The fourth-order valence-electron chi connectivity index (χ4n) is 2.49. The van der Waals surface area contributed by atoms with Crippen LogP contribution < -0.4 is 10.1 Å². The Kier molecular flexibility index (Phi) is 5.23. The quantitative estimate of drug-likeness (QED) is 0.657. The summed E-state index contributed by atoms with van der Waals surface area (Å²) in [5, 5.41) is 3.66. The van der Waals surface area contributed by atoms with Gasteiger partial charge in [-0.3, -0.25) is 9.78 Å². The zero-order valence-corrected chi connectivity index (χ0v) is 14.0. The smallest absolute Gasteiger partial charge is 0.255 e. The van der Waals surface area contributed by atoms with Crippen molar-refractivity contribution in [2.45, 2.75) is 19.8 Å². The number of fused-ring (bicyclic) bond motifs is 1. The molecular weight excluding hydrogens is 319 g/mol. The molecule has 0 radical (unpaired) electrons. The molecule has 3 rings (SSSR count). The fraction of sp³-hybridized carbons (Fsp3) is 0.200. The molecule has 128 valence electrons. The van der Waals surface area contributed by atoms with E-state index in [4.69, 9.17) is 4.74 Å². The Bertz CT molecular complexity index is 879. The molecule has 0 fully saturated rings. The number of benzene rings is 2. The molecule has 0 aliphatic heterocycles. The molecule has 1 aromatic heterocycles. The number of rotatable bonds is 6. The summed E-state index contributed by atoms with van der Waals surface area (Å²) in [6.45, 7) is 2.73. The minimum Gasteiger partial charge on any atom is -0.491 e. The molecular formula is C20H19FN2O2. The Morgan fingerprint density at radius 3 is 2.72 bits per heavy atom. The van der Waals surface area contributed by atoms with Crippen LogP contribution in [0.2, 0.25) is 0 Å². The first-order valence-electron chi connectivity index (χ1n) is 8.26. The van der Waals surface area contributed by atoms with E-state index in [-0.39, 0.29) is 11.7 Å². The average Bonchev–Trinajstić information content (AvgIpc) is 2.64. The highest BCUT2D eigenvalue weighted by Crippen LogP contribution is 2.30. The minimum atomic E-state index is -0.375. The number of carbonyl (C=O) groups excluding carboxylic acids is 1. The zero-order valence-electron chi connectivity index (χ0n) is 14.0. The van der Waals surface area contributed by atoms with Gasteiger partial charge in [0.1, 0.15) is 17.1 Å². The predicted molar refractivity (Wildman–Crippen MR) is 96.5 cm³/mol. The maximum atomic E-state index is 13.0. The van der Waals surface area contributed by atoms with Gasteiger partial charge in [-0.2, -0.15) is 0 Å². The van der Waals surface area contributed by atoms with Crippen LogP contribution >= 0.6 is 0 Å². The number of aromatic nitrogens is 1. The number of anilines is 1. The summed E-state index contributed by atoms with van der Waals surface area (Å²) in [6.07, 6.45) is 3.72. The molecule has 0 aliphatic rings. The van der Waals surface area contributed by atoms with E-state index < -0.39 is 0 Å². The normalized spacial score (nSPS) is 10.6. The van der Waals surface area contributed by atoms with E-state index in [0.717, 1.165) is 18.2 Å². The number of amides is 1. The highest BCUT2D eigenvalue weighted by atomic mass is 19.1. The molecule has 3 aromatic rings. The van der Waals surface area contributed by atoms with Gasteiger partial charge in [-0.25, -0.2) is 4.39 Å². The van der Waals surface area contributed by atoms with Crippen molar-refractivity contribution >= 4 is 22.5 Å². The third-order valence-electron chi connectivity index (χ3n) is 3.84. The summed E-state index contributed by atoms with van der Waals surface area (Å²) in [5.74, 6) is 0.0217. The van der Waals surface area contributed by atoms with Crippen molar-refractivity contribution in [1.82, 2.24) is 4.98 Å². The van der Waals surface area contributed by atoms with Gasteiger partial charge in [-0.15, -0.1) is 0 Å². The van der Waals surface area contributed by atoms with Crippen LogP contribution in [0.15, 0.2) is 54.7 Å². The van der Waals surface area contributed by atoms with Crippen molar-refractivity contribution in [3.63, 3.8) is 0 Å². The Balaban J connectivity index is 1.88. The largest absolute Gasteiger partial charge is 0.491 e. The van der Waals surface area contributed by atoms with Crippen molar-refractivity contribution < 1.29 is 13.9 Å². The molecule has 0 unspecified atom stereocenters. The first-order valence-corrected chi connectivity index (χ1v) is 8.26. The molecule has 0 saturated carbocycles. The van der Waals surface area contributed by atoms with E-state index in [1.54, 1.807) is 12.3 Å². The second kappa shape index (κ2) is 7.75. The highest BCUT2D eigenvalue weighted by Gasteiger charge is 2.12. The number of nitrogens with zero attached hydrogens (tertiary/aromatic N) is 1. The van der Waals surface area contributed by atoms with E-state index >= 15 is 0 Å². The van der Waals surface area contributed by atoms with Crippen LogP contribution in [0.25, 0.3) is 10.9 Å². The standard InChI is InChI=1S/C20H19FN2O2/c1-2-3-13-25-18-11-10-17(16-5-4-12-22-19(16)18)23-20(24)14-6-8-15(21)9-7-14/h4-12H,2-3,13H2,1H3,(H,23,24). The summed E-state index contributed by atoms with van der Waals surface area (Å²) < 4.78 is 18.8. The lowest BCUT2D eigenvalue weighted by Gasteiger charge is -2.12. The average molecular weight is 338 g/mol. The Morgan fingerprint density at radius 1 is 1.16 bits per heavy atom.